The molecule has 0 aliphatic carbocycles. The molecule has 68 valence electrons. The molecule has 0 spiro atoms. The third-order valence-corrected chi connectivity index (χ3v) is 2.07. The summed E-state index contributed by atoms with van der Waals surface area (Å²) in [6, 6.07) is 2.73. The van der Waals surface area contributed by atoms with Crippen LogP contribution in [0.25, 0.3) is 0 Å². The van der Waals surface area contributed by atoms with Crippen LogP contribution in [0.3, 0.4) is 0 Å². The van der Waals surface area contributed by atoms with E-state index in [2.05, 4.69) is 0 Å². The summed E-state index contributed by atoms with van der Waals surface area (Å²) in [5, 5.41) is 18.1. The zero-order valence-corrected chi connectivity index (χ0v) is 6.78. The number of hydrogen-bond acceptors (Lipinski definition) is 3. The normalized spacial score (nSPS) is 13.5. The molecule has 4 heteroatoms. The summed E-state index contributed by atoms with van der Waals surface area (Å²) in [5.74, 6) is -0.654. The Bertz CT molecular complexity index is 370. The Labute approximate surface area is 74.4 Å². The second-order valence-electron chi connectivity index (χ2n) is 2.84. The molecule has 2 N–H and O–H groups in total. The Kier molecular flexibility index (Phi) is 1.62. The molecule has 4 nitrogen and oxygen atoms in total. The highest BCUT2D eigenvalue weighted by molar-refractivity contribution is 5.91. The summed E-state index contributed by atoms with van der Waals surface area (Å²) in [6.07, 6.45) is 0.547. The van der Waals surface area contributed by atoms with Crippen LogP contribution in [0.15, 0.2) is 12.1 Å². The van der Waals surface area contributed by atoms with E-state index in [1.165, 1.54) is 12.1 Å². The number of carbonyl (C=O) groups is 1. The first kappa shape index (κ1) is 7.91. The monoisotopic (exact) mass is 180 g/mol. The van der Waals surface area contributed by atoms with Crippen LogP contribution in [0.4, 0.5) is 0 Å². The summed E-state index contributed by atoms with van der Waals surface area (Å²) in [5.41, 5.74) is 0.804. The molecule has 0 aromatic heterocycles. The summed E-state index contributed by atoms with van der Waals surface area (Å²) in [7, 11) is 0. The lowest BCUT2D eigenvalue weighted by Gasteiger charge is -2.04. The van der Waals surface area contributed by atoms with Crippen LogP contribution >= 0.6 is 0 Å². The van der Waals surface area contributed by atoms with Crippen molar-refractivity contribution in [1.29, 1.82) is 0 Å². The Morgan fingerprint density at radius 3 is 2.92 bits per heavy atom. The van der Waals surface area contributed by atoms with Crippen molar-refractivity contribution in [1.82, 2.24) is 0 Å². The minimum atomic E-state index is -0.984. The number of phenolic OH excluding ortho intramolecular Hbond substituents is 1. The number of rotatable bonds is 1. The second kappa shape index (κ2) is 2.65. The first-order valence-electron chi connectivity index (χ1n) is 3.91. The van der Waals surface area contributed by atoms with Crippen molar-refractivity contribution in [2.24, 2.45) is 0 Å². The van der Waals surface area contributed by atoms with E-state index >= 15 is 0 Å². The lowest BCUT2D eigenvalue weighted by Crippen LogP contribution is -2.00. The second-order valence-corrected chi connectivity index (χ2v) is 2.84. The lowest BCUT2D eigenvalue weighted by atomic mass is 10.0. The SMILES string of the molecule is O=C(O)c1ccc(O)c2c1CCO2. The quantitative estimate of drug-likeness (QED) is 0.677. The molecule has 1 aromatic carbocycles. The van der Waals surface area contributed by atoms with Gasteiger partial charge in [-0.2, -0.15) is 0 Å². The first-order chi connectivity index (χ1) is 6.20. The van der Waals surface area contributed by atoms with Crippen LogP contribution in [0.1, 0.15) is 15.9 Å². The average molecular weight is 180 g/mol. The number of fused-ring (bicyclic) bond motifs is 1. The van der Waals surface area contributed by atoms with Gasteiger partial charge < -0.3 is 14.9 Å². The van der Waals surface area contributed by atoms with Crippen molar-refractivity contribution >= 4 is 5.97 Å². The van der Waals surface area contributed by atoms with Gasteiger partial charge >= 0.3 is 5.97 Å². The molecule has 1 heterocycles. The van der Waals surface area contributed by atoms with Crippen LogP contribution in [-0.2, 0) is 6.42 Å². The fraction of sp³-hybridized carbons (Fsp3) is 0.222. The third-order valence-electron chi connectivity index (χ3n) is 2.07. The lowest BCUT2D eigenvalue weighted by molar-refractivity contribution is 0.0696. The molecular formula is C9H8O4. The maximum atomic E-state index is 10.7. The van der Waals surface area contributed by atoms with Gasteiger partial charge in [-0.15, -0.1) is 0 Å². The standard InChI is InChI=1S/C9H8O4/c10-7-2-1-6(9(11)12)5-3-4-13-8(5)7/h1-2,10H,3-4H2,(H,11,12). The van der Waals surface area contributed by atoms with Gasteiger partial charge in [0.05, 0.1) is 12.2 Å². The predicted molar refractivity (Wildman–Crippen MR) is 44.3 cm³/mol. The van der Waals surface area contributed by atoms with Crippen LogP contribution < -0.4 is 4.74 Å². The molecule has 0 radical (unpaired) electrons. The number of aromatic carboxylic acids is 1. The zero-order chi connectivity index (χ0) is 9.42. The topological polar surface area (TPSA) is 66.8 Å². The third kappa shape index (κ3) is 1.11. The van der Waals surface area contributed by atoms with Gasteiger partial charge in [0.1, 0.15) is 0 Å². The molecule has 0 saturated heterocycles. The maximum absolute atomic E-state index is 10.7. The average Bonchev–Trinajstić information content (AvgIpc) is 2.53. The number of aromatic hydroxyl groups is 1. The van der Waals surface area contributed by atoms with Gasteiger partial charge in [-0.25, -0.2) is 4.79 Å². The van der Waals surface area contributed by atoms with Crippen molar-refractivity contribution in [2.45, 2.75) is 6.42 Å². The molecule has 0 bridgehead atoms. The molecule has 2 rings (SSSR count). The number of phenols is 1. The van der Waals surface area contributed by atoms with Gasteiger partial charge in [0, 0.05) is 12.0 Å². The highest BCUT2D eigenvalue weighted by Gasteiger charge is 2.22. The van der Waals surface area contributed by atoms with Crippen molar-refractivity contribution in [2.75, 3.05) is 6.61 Å². The van der Waals surface area contributed by atoms with Gasteiger partial charge in [0.25, 0.3) is 0 Å². The molecule has 1 aliphatic heterocycles. The molecule has 13 heavy (non-hydrogen) atoms. The zero-order valence-electron chi connectivity index (χ0n) is 6.78. The van der Waals surface area contributed by atoms with E-state index in [-0.39, 0.29) is 11.3 Å². The maximum Gasteiger partial charge on any atom is 0.336 e. The highest BCUT2D eigenvalue weighted by Crippen LogP contribution is 2.36. The van der Waals surface area contributed by atoms with Gasteiger partial charge in [-0.1, -0.05) is 0 Å². The minimum absolute atomic E-state index is 0.0116. The molecule has 0 amide bonds. The summed E-state index contributed by atoms with van der Waals surface area (Å²) >= 11 is 0. The Morgan fingerprint density at radius 2 is 2.23 bits per heavy atom. The largest absolute Gasteiger partial charge is 0.504 e. The number of ether oxygens (including phenoxy) is 1. The van der Waals surface area contributed by atoms with Gasteiger partial charge in [-0.05, 0) is 12.1 Å². The van der Waals surface area contributed by atoms with Crippen LogP contribution in [0.5, 0.6) is 11.5 Å². The fourth-order valence-corrected chi connectivity index (χ4v) is 1.48. The number of benzene rings is 1. The van der Waals surface area contributed by atoms with E-state index in [1.54, 1.807) is 0 Å². The first-order valence-corrected chi connectivity index (χ1v) is 3.91. The van der Waals surface area contributed by atoms with E-state index in [0.717, 1.165) is 0 Å². The summed E-state index contributed by atoms with van der Waals surface area (Å²) in [4.78, 5) is 10.7. The molecule has 0 saturated carbocycles. The fourth-order valence-electron chi connectivity index (χ4n) is 1.48. The number of carboxylic acid groups (broad SMARTS) is 1. The molecule has 1 aromatic rings. The number of carboxylic acids is 1. The van der Waals surface area contributed by atoms with Gasteiger partial charge in [-0.3, -0.25) is 0 Å². The van der Waals surface area contributed by atoms with E-state index in [1.807, 2.05) is 0 Å². The van der Waals surface area contributed by atoms with Crippen molar-refractivity contribution in [3.05, 3.63) is 23.3 Å². The Balaban J connectivity index is 2.62. The van der Waals surface area contributed by atoms with Crippen molar-refractivity contribution < 1.29 is 19.7 Å². The minimum Gasteiger partial charge on any atom is -0.504 e. The molecule has 1 aliphatic rings. The highest BCUT2D eigenvalue weighted by atomic mass is 16.5. The summed E-state index contributed by atoms with van der Waals surface area (Å²) < 4.78 is 5.11. The van der Waals surface area contributed by atoms with Crippen molar-refractivity contribution in [3.8, 4) is 11.5 Å². The van der Waals surface area contributed by atoms with E-state index in [0.29, 0.717) is 24.3 Å². The molecule has 0 atom stereocenters. The number of hydrogen-bond donors (Lipinski definition) is 2. The summed E-state index contributed by atoms with van der Waals surface area (Å²) in [6.45, 7) is 0.438. The van der Waals surface area contributed by atoms with Crippen molar-refractivity contribution in [3.63, 3.8) is 0 Å². The smallest absolute Gasteiger partial charge is 0.336 e. The van der Waals surface area contributed by atoms with Gasteiger partial charge in [0.2, 0.25) is 0 Å². The van der Waals surface area contributed by atoms with Crippen LogP contribution in [0, 0.1) is 0 Å². The van der Waals surface area contributed by atoms with Crippen LogP contribution in [0.2, 0.25) is 0 Å². The Hall–Kier alpha value is -1.71. The molecule has 0 unspecified atom stereocenters. The molecule has 0 fully saturated rings. The van der Waals surface area contributed by atoms with E-state index < -0.39 is 5.97 Å². The van der Waals surface area contributed by atoms with Gasteiger partial charge in [0.15, 0.2) is 11.5 Å². The van der Waals surface area contributed by atoms with E-state index in [4.69, 9.17) is 9.84 Å². The van der Waals surface area contributed by atoms with Crippen LogP contribution in [-0.4, -0.2) is 22.8 Å². The van der Waals surface area contributed by atoms with E-state index in [9.17, 15) is 9.90 Å². The Morgan fingerprint density at radius 1 is 1.46 bits per heavy atom. The molecular weight excluding hydrogens is 172 g/mol. The predicted octanol–water partition coefficient (Wildman–Crippen LogP) is 1.03.